The average Bonchev–Trinajstić information content (AvgIpc) is 2.56. The monoisotopic (exact) mass is 313 g/mol. The lowest BCUT2D eigenvalue weighted by Gasteiger charge is -2.04. The third kappa shape index (κ3) is 5.16. The molecule has 0 atom stereocenters. The van der Waals surface area contributed by atoms with Crippen molar-refractivity contribution in [2.75, 3.05) is 6.54 Å². The molecule has 0 fully saturated rings. The van der Waals surface area contributed by atoms with E-state index in [1.54, 1.807) is 30.3 Å². The number of carbonyl (C=O) groups excluding carboxylic acids is 1. The Morgan fingerprint density at radius 3 is 2.52 bits per heavy atom. The molecule has 23 heavy (non-hydrogen) atoms. The summed E-state index contributed by atoms with van der Waals surface area (Å²) in [6.07, 6.45) is 3.70. The standard InChI is InChI=1S/C18H19NO4/c20-12-15-11-14(3-7-17(15)22)4-8-18(23)19-10-9-13-1-5-16(21)6-2-13/h1-8,11,20-22H,9-10,12H2,(H,19,23). The molecule has 2 aromatic carbocycles. The number of phenols is 2. The van der Waals surface area contributed by atoms with Crippen molar-refractivity contribution in [1.82, 2.24) is 5.32 Å². The number of aliphatic hydroxyl groups excluding tert-OH is 1. The maximum atomic E-state index is 11.7. The lowest BCUT2D eigenvalue weighted by atomic mass is 10.1. The van der Waals surface area contributed by atoms with Crippen LogP contribution in [0.15, 0.2) is 48.5 Å². The lowest BCUT2D eigenvalue weighted by Crippen LogP contribution is -2.23. The third-order valence-corrected chi connectivity index (χ3v) is 3.35. The van der Waals surface area contributed by atoms with Gasteiger partial charge in [0.2, 0.25) is 5.91 Å². The van der Waals surface area contributed by atoms with Crippen LogP contribution in [0.1, 0.15) is 16.7 Å². The molecule has 120 valence electrons. The zero-order valence-electron chi connectivity index (χ0n) is 12.6. The van der Waals surface area contributed by atoms with E-state index in [0.29, 0.717) is 18.5 Å². The van der Waals surface area contributed by atoms with Gasteiger partial charge in [-0.2, -0.15) is 0 Å². The highest BCUT2D eigenvalue weighted by molar-refractivity contribution is 5.91. The Kier molecular flexibility index (Phi) is 5.77. The predicted octanol–water partition coefficient (Wildman–Crippen LogP) is 1.96. The Morgan fingerprint density at radius 2 is 1.83 bits per heavy atom. The van der Waals surface area contributed by atoms with Crippen LogP contribution in [-0.2, 0) is 17.8 Å². The van der Waals surface area contributed by atoms with E-state index < -0.39 is 0 Å². The van der Waals surface area contributed by atoms with Gasteiger partial charge in [-0.3, -0.25) is 4.79 Å². The Bertz CT molecular complexity index is 693. The SMILES string of the molecule is O=C(C=Cc1ccc(O)c(CO)c1)NCCc1ccc(O)cc1. The van der Waals surface area contributed by atoms with Crippen LogP contribution in [0.25, 0.3) is 6.08 Å². The van der Waals surface area contributed by atoms with Crippen LogP contribution in [-0.4, -0.2) is 27.8 Å². The first-order valence-corrected chi connectivity index (χ1v) is 7.25. The highest BCUT2D eigenvalue weighted by atomic mass is 16.3. The van der Waals surface area contributed by atoms with Gasteiger partial charge < -0.3 is 20.6 Å². The van der Waals surface area contributed by atoms with Crippen LogP contribution < -0.4 is 5.32 Å². The fraction of sp³-hybridized carbons (Fsp3) is 0.167. The van der Waals surface area contributed by atoms with E-state index in [2.05, 4.69) is 5.32 Å². The molecule has 1 amide bonds. The van der Waals surface area contributed by atoms with Crippen molar-refractivity contribution in [3.05, 3.63) is 65.2 Å². The van der Waals surface area contributed by atoms with Gasteiger partial charge in [0.25, 0.3) is 0 Å². The molecule has 0 heterocycles. The van der Waals surface area contributed by atoms with Crippen molar-refractivity contribution in [2.45, 2.75) is 13.0 Å². The average molecular weight is 313 g/mol. The summed E-state index contributed by atoms with van der Waals surface area (Å²) in [5.74, 6) is 0.0299. The van der Waals surface area contributed by atoms with Crippen molar-refractivity contribution < 1.29 is 20.1 Å². The second-order valence-electron chi connectivity index (χ2n) is 5.09. The van der Waals surface area contributed by atoms with E-state index in [-0.39, 0.29) is 24.0 Å². The molecule has 0 aliphatic carbocycles. The van der Waals surface area contributed by atoms with E-state index in [1.165, 1.54) is 12.1 Å². The second kappa shape index (κ2) is 8.00. The first-order valence-electron chi connectivity index (χ1n) is 7.25. The van der Waals surface area contributed by atoms with Gasteiger partial charge in [0.1, 0.15) is 11.5 Å². The molecule has 0 aliphatic rings. The molecule has 0 spiro atoms. The quantitative estimate of drug-likeness (QED) is 0.614. The normalized spacial score (nSPS) is 10.8. The van der Waals surface area contributed by atoms with E-state index in [1.807, 2.05) is 12.1 Å². The number of aromatic hydroxyl groups is 2. The van der Waals surface area contributed by atoms with Crippen molar-refractivity contribution in [2.24, 2.45) is 0 Å². The minimum absolute atomic E-state index is 0.0306. The van der Waals surface area contributed by atoms with Crippen molar-refractivity contribution in [1.29, 1.82) is 0 Å². The van der Waals surface area contributed by atoms with Crippen LogP contribution in [0.2, 0.25) is 0 Å². The van der Waals surface area contributed by atoms with Gasteiger partial charge in [0.05, 0.1) is 6.61 Å². The van der Waals surface area contributed by atoms with Gasteiger partial charge in [-0.15, -0.1) is 0 Å². The number of nitrogens with one attached hydrogen (secondary N) is 1. The van der Waals surface area contributed by atoms with Crippen molar-refractivity contribution >= 4 is 12.0 Å². The Hall–Kier alpha value is -2.79. The van der Waals surface area contributed by atoms with Gasteiger partial charge in [-0.1, -0.05) is 18.2 Å². The summed E-state index contributed by atoms with van der Waals surface area (Å²) in [5, 5.41) is 30.5. The van der Waals surface area contributed by atoms with Gasteiger partial charge in [-0.25, -0.2) is 0 Å². The number of hydrogen-bond donors (Lipinski definition) is 4. The summed E-state index contributed by atoms with van der Waals surface area (Å²) < 4.78 is 0. The maximum absolute atomic E-state index is 11.7. The number of carbonyl (C=O) groups is 1. The van der Waals surface area contributed by atoms with E-state index >= 15 is 0 Å². The molecule has 5 nitrogen and oxygen atoms in total. The maximum Gasteiger partial charge on any atom is 0.244 e. The molecular weight excluding hydrogens is 294 g/mol. The summed E-state index contributed by atoms with van der Waals surface area (Å²) in [7, 11) is 0. The molecule has 4 N–H and O–H groups in total. The molecule has 0 saturated carbocycles. The predicted molar refractivity (Wildman–Crippen MR) is 87.9 cm³/mol. The molecule has 2 aromatic rings. The zero-order chi connectivity index (χ0) is 16.7. The summed E-state index contributed by atoms with van der Waals surface area (Å²) in [6.45, 7) is 0.234. The van der Waals surface area contributed by atoms with Crippen LogP contribution in [0.5, 0.6) is 11.5 Å². The first-order chi connectivity index (χ1) is 11.1. The molecular formula is C18H19NO4. The number of aliphatic hydroxyl groups is 1. The van der Waals surface area contributed by atoms with Gasteiger partial charge >= 0.3 is 0 Å². The number of benzene rings is 2. The van der Waals surface area contributed by atoms with Gasteiger partial charge in [0, 0.05) is 18.2 Å². The summed E-state index contributed by atoms with van der Waals surface area (Å²) in [6, 6.07) is 11.6. The molecule has 0 saturated heterocycles. The Labute approximate surface area is 134 Å². The van der Waals surface area contributed by atoms with Crippen LogP contribution in [0.3, 0.4) is 0 Å². The highest BCUT2D eigenvalue weighted by Crippen LogP contribution is 2.19. The number of phenolic OH excluding ortho intramolecular Hbond substituents is 1. The molecule has 0 unspecified atom stereocenters. The smallest absolute Gasteiger partial charge is 0.244 e. The van der Waals surface area contributed by atoms with Gasteiger partial charge in [-0.05, 0) is 47.9 Å². The lowest BCUT2D eigenvalue weighted by molar-refractivity contribution is -0.116. The van der Waals surface area contributed by atoms with Crippen LogP contribution in [0.4, 0.5) is 0 Å². The second-order valence-corrected chi connectivity index (χ2v) is 5.09. The molecule has 0 aliphatic heterocycles. The fourth-order valence-corrected chi connectivity index (χ4v) is 2.06. The molecule has 0 radical (unpaired) electrons. The van der Waals surface area contributed by atoms with Crippen molar-refractivity contribution in [3.8, 4) is 11.5 Å². The number of hydrogen-bond acceptors (Lipinski definition) is 4. The molecule has 2 rings (SSSR count). The van der Waals surface area contributed by atoms with Crippen molar-refractivity contribution in [3.63, 3.8) is 0 Å². The summed E-state index contributed by atoms with van der Waals surface area (Å²) in [4.78, 5) is 11.7. The van der Waals surface area contributed by atoms with Crippen LogP contribution >= 0.6 is 0 Å². The zero-order valence-corrected chi connectivity index (χ0v) is 12.6. The number of rotatable bonds is 6. The van der Waals surface area contributed by atoms with E-state index in [4.69, 9.17) is 5.11 Å². The molecule has 0 bridgehead atoms. The minimum atomic E-state index is -0.258. The van der Waals surface area contributed by atoms with Crippen LogP contribution in [0, 0.1) is 0 Å². The molecule has 0 aromatic heterocycles. The Morgan fingerprint density at radius 1 is 1.09 bits per heavy atom. The minimum Gasteiger partial charge on any atom is -0.508 e. The molecule has 5 heteroatoms. The Balaban J connectivity index is 1.83. The summed E-state index contributed by atoms with van der Waals surface area (Å²) >= 11 is 0. The highest BCUT2D eigenvalue weighted by Gasteiger charge is 2.01. The summed E-state index contributed by atoms with van der Waals surface area (Å²) in [5.41, 5.74) is 2.17. The fourth-order valence-electron chi connectivity index (χ4n) is 2.06. The van der Waals surface area contributed by atoms with E-state index in [0.717, 1.165) is 11.1 Å². The third-order valence-electron chi connectivity index (χ3n) is 3.35. The topological polar surface area (TPSA) is 89.8 Å². The largest absolute Gasteiger partial charge is 0.508 e. The van der Waals surface area contributed by atoms with E-state index in [9.17, 15) is 15.0 Å². The first kappa shape index (κ1) is 16.6. The number of amides is 1. The van der Waals surface area contributed by atoms with Gasteiger partial charge in [0.15, 0.2) is 0 Å².